The van der Waals surface area contributed by atoms with Gasteiger partial charge in [-0.05, 0) is 48.4 Å². The molecule has 3 aromatic rings. The number of ether oxygens (including phenoxy) is 1. The molecular weight excluding hydrogens is 328 g/mol. The van der Waals surface area contributed by atoms with Gasteiger partial charge in [0.1, 0.15) is 5.75 Å². The first kappa shape index (κ1) is 17.7. The number of aromatic nitrogens is 3. The molecule has 2 aromatic heterocycles. The first-order valence-electron chi connectivity index (χ1n) is 8.71. The summed E-state index contributed by atoms with van der Waals surface area (Å²) < 4.78 is 5.67. The van der Waals surface area contributed by atoms with E-state index in [1.54, 1.807) is 18.6 Å². The van der Waals surface area contributed by atoms with Crippen LogP contribution in [0.25, 0.3) is 11.3 Å². The Balaban J connectivity index is 1.66. The first-order valence-corrected chi connectivity index (χ1v) is 8.71. The molecule has 0 spiro atoms. The molecule has 1 aromatic carbocycles. The molecule has 1 amide bonds. The number of hydrogen-bond donors (Lipinski definition) is 2. The highest BCUT2D eigenvalue weighted by Crippen LogP contribution is 2.24. The van der Waals surface area contributed by atoms with E-state index in [1.165, 1.54) is 0 Å². The number of nitrogens with one attached hydrogen (secondary N) is 2. The minimum absolute atomic E-state index is 0.172. The van der Waals surface area contributed by atoms with E-state index in [1.807, 2.05) is 36.4 Å². The number of carbonyl (C=O) groups is 1. The van der Waals surface area contributed by atoms with Crippen LogP contribution in [0.2, 0.25) is 0 Å². The molecule has 26 heavy (non-hydrogen) atoms. The fraction of sp³-hybridized carbons (Fsp3) is 0.250. The zero-order valence-corrected chi connectivity index (χ0v) is 14.7. The van der Waals surface area contributed by atoms with Gasteiger partial charge in [-0.1, -0.05) is 13.3 Å². The molecule has 0 radical (unpaired) electrons. The fourth-order valence-electron chi connectivity index (χ4n) is 2.51. The summed E-state index contributed by atoms with van der Waals surface area (Å²) in [7, 11) is 0. The predicted molar refractivity (Wildman–Crippen MR) is 99.8 cm³/mol. The van der Waals surface area contributed by atoms with E-state index in [9.17, 15) is 4.79 Å². The van der Waals surface area contributed by atoms with Crippen molar-refractivity contribution in [2.24, 2.45) is 0 Å². The van der Waals surface area contributed by atoms with E-state index in [-0.39, 0.29) is 5.91 Å². The lowest BCUT2D eigenvalue weighted by Crippen LogP contribution is -2.22. The van der Waals surface area contributed by atoms with Crippen LogP contribution in [-0.4, -0.2) is 27.7 Å². The predicted octanol–water partition coefficient (Wildman–Crippen LogP) is 3.58. The molecule has 0 bridgehead atoms. The number of nitrogens with zero attached hydrogens (tertiary/aromatic N) is 2. The average molecular weight is 350 g/mol. The van der Waals surface area contributed by atoms with E-state index < -0.39 is 0 Å². The summed E-state index contributed by atoms with van der Waals surface area (Å²) >= 11 is 0. The average Bonchev–Trinajstić information content (AvgIpc) is 3.18. The highest BCUT2D eigenvalue weighted by molar-refractivity contribution is 5.99. The van der Waals surface area contributed by atoms with Crippen molar-refractivity contribution in [2.75, 3.05) is 6.61 Å². The van der Waals surface area contributed by atoms with Crippen LogP contribution in [0.4, 0.5) is 0 Å². The number of hydrogen-bond acceptors (Lipinski definition) is 4. The lowest BCUT2D eigenvalue weighted by Gasteiger charge is -2.08. The Morgan fingerprint density at radius 1 is 1.15 bits per heavy atom. The second-order valence-electron chi connectivity index (χ2n) is 5.92. The largest absolute Gasteiger partial charge is 0.494 e. The summed E-state index contributed by atoms with van der Waals surface area (Å²) in [6.07, 6.45) is 7.08. The van der Waals surface area contributed by atoms with Gasteiger partial charge >= 0.3 is 0 Å². The monoisotopic (exact) mass is 350 g/mol. The second-order valence-corrected chi connectivity index (χ2v) is 5.92. The number of H-pyrrole nitrogens is 1. The molecule has 0 aliphatic rings. The minimum Gasteiger partial charge on any atom is -0.494 e. The number of benzene rings is 1. The summed E-state index contributed by atoms with van der Waals surface area (Å²) in [4.78, 5) is 16.5. The van der Waals surface area contributed by atoms with Crippen LogP contribution in [0.5, 0.6) is 5.75 Å². The highest BCUT2D eigenvalue weighted by atomic mass is 16.5. The Bertz CT molecular complexity index is 829. The highest BCUT2D eigenvalue weighted by Gasteiger charge is 2.15. The van der Waals surface area contributed by atoms with Crippen LogP contribution >= 0.6 is 0 Å². The molecule has 0 aliphatic carbocycles. The van der Waals surface area contributed by atoms with Gasteiger partial charge in [0, 0.05) is 24.5 Å². The molecule has 134 valence electrons. The van der Waals surface area contributed by atoms with Crippen molar-refractivity contribution in [3.8, 4) is 17.0 Å². The van der Waals surface area contributed by atoms with Gasteiger partial charge in [-0.3, -0.25) is 14.9 Å². The van der Waals surface area contributed by atoms with Crippen molar-refractivity contribution in [2.45, 2.75) is 26.3 Å². The summed E-state index contributed by atoms with van der Waals surface area (Å²) in [6, 6.07) is 11.4. The van der Waals surface area contributed by atoms with E-state index in [0.29, 0.717) is 24.4 Å². The Kier molecular flexibility index (Phi) is 5.98. The van der Waals surface area contributed by atoms with Crippen LogP contribution in [-0.2, 0) is 6.54 Å². The number of amides is 1. The summed E-state index contributed by atoms with van der Waals surface area (Å²) in [5.74, 6) is 0.652. The van der Waals surface area contributed by atoms with Crippen LogP contribution in [0.3, 0.4) is 0 Å². The fourth-order valence-corrected chi connectivity index (χ4v) is 2.51. The molecule has 0 fully saturated rings. The molecule has 6 nitrogen and oxygen atoms in total. The van der Waals surface area contributed by atoms with Crippen LogP contribution in [0.1, 0.15) is 35.7 Å². The van der Waals surface area contributed by atoms with Gasteiger partial charge in [0.25, 0.3) is 5.91 Å². The smallest absolute Gasteiger partial charge is 0.255 e. The lowest BCUT2D eigenvalue weighted by atomic mass is 10.1. The second kappa shape index (κ2) is 8.80. The lowest BCUT2D eigenvalue weighted by molar-refractivity contribution is 0.0951. The Morgan fingerprint density at radius 3 is 2.65 bits per heavy atom. The standard InChI is InChI=1S/C20H22N4O2/c1-2-3-12-26-17-6-4-16(5-7-17)19-18(14-23-24-19)20(25)22-13-15-8-10-21-11-9-15/h4-11,14H,2-3,12-13H2,1H3,(H,22,25)(H,23,24). The van der Waals surface area contributed by atoms with Crippen LogP contribution < -0.4 is 10.1 Å². The van der Waals surface area contributed by atoms with Gasteiger partial charge in [-0.2, -0.15) is 5.10 Å². The molecule has 0 aliphatic heterocycles. The van der Waals surface area contributed by atoms with Gasteiger partial charge in [-0.25, -0.2) is 0 Å². The third kappa shape index (κ3) is 4.47. The Labute approximate surface area is 152 Å². The first-order chi connectivity index (χ1) is 12.8. The maximum absolute atomic E-state index is 12.5. The summed E-state index contributed by atoms with van der Waals surface area (Å²) in [5.41, 5.74) is 3.09. The number of aromatic amines is 1. The minimum atomic E-state index is -0.172. The van der Waals surface area contributed by atoms with Crippen LogP contribution in [0.15, 0.2) is 55.0 Å². The van der Waals surface area contributed by atoms with Crippen molar-refractivity contribution < 1.29 is 9.53 Å². The van der Waals surface area contributed by atoms with Gasteiger partial charge in [-0.15, -0.1) is 0 Å². The summed E-state index contributed by atoms with van der Waals surface area (Å²) in [5, 5.41) is 9.85. The maximum Gasteiger partial charge on any atom is 0.255 e. The number of rotatable bonds is 8. The van der Waals surface area contributed by atoms with Gasteiger partial charge in [0.05, 0.1) is 24.1 Å². The van der Waals surface area contributed by atoms with Gasteiger partial charge in [0.2, 0.25) is 0 Å². The van der Waals surface area contributed by atoms with Crippen molar-refractivity contribution in [1.29, 1.82) is 0 Å². The van der Waals surface area contributed by atoms with E-state index in [4.69, 9.17) is 4.74 Å². The quantitative estimate of drug-likeness (QED) is 0.609. The van der Waals surface area contributed by atoms with Gasteiger partial charge < -0.3 is 10.1 Å². The number of carbonyl (C=O) groups excluding carboxylic acids is 1. The normalized spacial score (nSPS) is 10.5. The van der Waals surface area contributed by atoms with E-state index in [2.05, 4.69) is 27.4 Å². The Hall–Kier alpha value is -3.15. The van der Waals surface area contributed by atoms with E-state index in [0.717, 1.165) is 29.7 Å². The molecule has 0 saturated heterocycles. The van der Waals surface area contributed by atoms with E-state index >= 15 is 0 Å². The summed E-state index contributed by atoms with van der Waals surface area (Å²) in [6.45, 7) is 3.28. The molecule has 0 atom stereocenters. The molecule has 0 unspecified atom stereocenters. The molecule has 2 heterocycles. The topological polar surface area (TPSA) is 79.9 Å². The van der Waals surface area contributed by atoms with Crippen molar-refractivity contribution in [1.82, 2.24) is 20.5 Å². The molecule has 3 rings (SSSR count). The van der Waals surface area contributed by atoms with Crippen molar-refractivity contribution in [3.05, 3.63) is 66.1 Å². The van der Waals surface area contributed by atoms with Gasteiger partial charge in [0.15, 0.2) is 0 Å². The third-order valence-electron chi connectivity index (χ3n) is 4.00. The molecule has 0 saturated carbocycles. The molecular formula is C20H22N4O2. The number of unbranched alkanes of at least 4 members (excludes halogenated alkanes) is 1. The van der Waals surface area contributed by atoms with Crippen molar-refractivity contribution in [3.63, 3.8) is 0 Å². The molecule has 6 heteroatoms. The maximum atomic E-state index is 12.5. The third-order valence-corrected chi connectivity index (χ3v) is 4.00. The molecule has 2 N–H and O–H groups in total. The number of pyridine rings is 1. The SMILES string of the molecule is CCCCOc1ccc(-c2[nH]ncc2C(=O)NCc2ccncc2)cc1. The van der Waals surface area contributed by atoms with Crippen molar-refractivity contribution >= 4 is 5.91 Å². The zero-order valence-electron chi connectivity index (χ0n) is 14.7. The van der Waals surface area contributed by atoms with Crippen LogP contribution in [0, 0.1) is 0 Å². The Morgan fingerprint density at radius 2 is 1.92 bits per heavy atom. The zero-order chi connectivity index (χ0) is 18.2.